The maximum atomic E-state index is 5.93. The smallest absolute Gasteiger partial charge is 0.218 e. The molecule has 0 aliphatic carbocycles. The predicted molar refractivity (Wildman–Crippen MR) is 78.4 cm³/mol. The third kappa shape index (κ3) is 4.10. The number of nitrogens with zero attached hydrogens (tertiary/aromatic N) is 2. The summed E-state index contributed by atoms with van der Waals surface area (Å²) in [5, 5.41) is 0.351. The molecule has 4 nitrogen and oxygen atoms in total. The minimum absolute atomic E-state index is 0.258. The van der Waals surface area contributed by atoms with Crippen molar-refractivity contribution in [2.24, 2.45) is 0 Å². The summed E-state index contributed by atoms with van der Waals surface area (Å²) in [6, 6.07) is 9.54. The van der Waals surface area contributed by atoms with E-state index in [0.717, 1.165) is 12.2 Å². The van der Waals surface area contributed by atoms with E-state index in [-0.39, 0.29) is 6.61 Å². The fraction of sp³-hybridized carbons (Fsp3) is 0.333. The molecule has 5 heteroatoms. The van der Waals surface area contributed by atoms with Crippen molar-refractivity contribution in [2.75, 3.05) is 6.61 Å². The van der Waals surface area contributed by atoms with Crippen LogP contribution in [0.3, 0.4) is 0 Å². The van der Waals surface area contributed by atoms with Crippen molar-refractivity contribution in [3.63, 3.8) is 0 Å². The van der Waals surface area contributed by atoms with Gasteiger partial charge in [0.15, 0.2) is 5.82 Å². The van der Waals surface area contributed by atoms with Crippen LogP contribution in [0, 0.1) is 0 Å². The Bertz CT molecular complexity index is 576. The van der Waals surface area contributed by atoms with Crippen molar-refractivity contribution in [3.8, 4) is 11.6 Å². The van der Waals surface area contributed by atoms with E-state index in [9.17, 15) is 0 Å². The number of hydrogen-bond acceptors (Lipinski definition) is 4. The minimum atomic E-state index is 0.258. The maximum Gasteiger partial charge on any atom is 0.218 e. The molecule has 0 unspecified atom stereocenters. The average molecular weight is 293 g/mol. The van der Waals surface area contributed by atoms with Crippen molar-refractivity contribution >= 4 is 11.6 Å². The number of hydrogen-bond donors (Lipinski definition) is 0. The molecule has 0 saturated heterocycles. The molecule has 0 aliphatic rings. The zero-order chi connectivity index (χ0) is 14.4. The lowest BCUT2D eigenvalue weighted by Gasteiger charge is -2.08. The van der Waals surface area contributed by atoms with Crippen LogP contribution in [-0.2, 0) is 13.0 Å². The summed E-state index contributed by atoms with van der Waals surface area (Å²) in [5.74, 6) is 1.77. The monoisotopic (exact) mass is 292 g/mol. The van der Waals surface area contributed by atoms with E-state index in [1.165, 1.54) is 5.56 Å². The first kappa shape index (κ1) is 14.6. The van der Waals surface area contributed by atoms with Gasteiger partial charge in [0.05, 0.1) is 6.61 Å². The summed E-state index contributed by atoms with van der Waals surface area (Å²) in [6.45, 7) is 4.79. The summed E-state index contributed by atoms with van der Waals surface area (Å²) in [7, 11) is 0. The molecule has 0 bridgehead atoms. The van der Waals surface area contributed by atoms with E-state index in [1.54, 1.807) is 6.07 Å². The topological polar surface area (TPSA) is 44.2 Å². The number of benzene rings is 1. The zero-order valence-corrected chi connectivity index (χ0v) is 12.4. The van der Waals surface area contributed by atoms with Crippen LogP contribution in [0.15, 0.2) is 30.3 Å². The molecule has 0 aliphatic heterocycles. The highest BCUT2D eigenvalue weighted by molar-refractivity contribution is 6.29. The molecule has 1 aromatic carbocycles. The Hall–Kier alpha value is -1.81. The van der Waals surface area contributed by atoms with Crippen molar-refractivity contribution in [2.45, 2.75) is 26.9 Å². The summed E-state index contributed by atoms with van der Waals surface area (Å²) in [6.07, 6.45) is 0.972. The molecule has 2 rings (SSSR count). The Morgan fingerprint density at radius 2 is 1.95 bits per heavy atom. The number of ether oxygens (including phenoxy) is 2. The van der Waals surface area contributed by atoms with Crippen molar-refractivity contribution in [1.29, 1.82) is 0 Å². The summed E-state index contributed by atoms with van der Waals surface area (Å²) >= 11 is 5.93. The van der Waals surface area contributed by atoms with E-state index in [2.05, 4.69) is 23.0 Å². The molecule has 0 saturated carbocycles. The lowest BCUT2D eigenvalue weighted by molar-refractivity contribution is 0.286. The van der Waals surface area contributed by atoms with Crippen LogP contribution >= 0.6 is 11.6 Å². The van der Waals surface area contributed by atoms with Gasteiger partial charge >= 0.3 is 0 Å². The molecule has 0 fully saturated rings. The molecule has 106 valence electrons. The van der Waals surface area contributed by atoms with Gasteiger partial charge in [-0.2, -0.15) is 4.98 Å². The number of rotatable bonds is 6. The number of halogens is 1. The van der Waals surface area contributed by atoms with Crippen LogP contribution in [0.4, 0.5) is 0 Å². The van der Waals surface area contributed by atoms with Crippen LogP contribution in [0.5, 0.6) is 11.6 Å². The highest BCUT2D eigenvalue weighted by Crippen LogP contribution is 2.17. The third-order valence-electron chi connectivity index (χ3n) is 2.68. The largest absolute Gasteiger partial charge is 0.486 e. The summed E-state index contributed by atoms with van der Waals surface area (Å²) in [4.78, 5) is 8.36. The Balaban J connectivity index is 2.06. The molecule has 0 radical (unpaired) electrons. The fourth-order valence-electron chi connectivity index (χ4n) is 1.73. The quantitative estimate of drug-likeness (QED) is 0.762. The molecular formula is C15H17ClN2O2. The Morgan fingerprint density at radius 3 is 2.70 bits per heavy atom. The van der Waals surface area contributed by atoms with Gasteiger partial charge in [0, 0.05) is 6.07 Å². The lowest BCUT2D eigenvalue weighted by Crippen LogP contribution is -2.04. The summed E-state index contributed by atoms with van der Waals surface area (Å²) < 4.78 is 11.0. The molecular weight excluding hydrogens is 276 g/mol. The first-order valence-electron chi connectivity index (χ1n) is 6.59. The Labute approximate surface area is 123 Å². The number of aryl methyl sites for hydroxylation is 1. The number of aromatic nitrogens is 2. The second kappa shape index (κ2) is 7.10. The van der Waals surface area contributed by atoms with Gasteiger partial charge in [0.25, 0.3) is 0 Å². The zero-order valence-electron chi connectivity index (χ0n) is 11.6. The van der Waals surface area contributed by atoms with Crippen molar-refractivity contribution < 1.29 is 9.47 Å². The van der Waals surface area contributed by atoms with E-state index < -0.39 is 0 Å². The van der Waals surface area contributed by atoms with Gasteiger partial charge in [-0.3, -0.25) is 0 Å². The second-order valence-electron chi connectivity index (χ2n) is 4.17. The maximum absolute atomic E-state index is 5.93. The van der Waals surface area contributed by atoms with Gasteiger partial charge in [0.1, 0.15) is 17.5 Å². The van der Waals surface area contributed by atoms with E-state index >= 15 is 0 Å². The van der Waals surface area contributed by atoms with Gasteiger partial charge < -0.3 is 9.47 Å². The van der Waals surface area contributed by atoms with Crippen LogP contribution in [0.25, 0.3) is 0 Å². The first-order valence-corrected chi connectivity index (χ1v) is 6.97. The lowest BCUT2D eigenvalue weighted by atomic mass is 10.2. The Kier molecular flexibility index (Phi) is 5.18. The minimum Gasteiger partial charge on any atom is -0.486 e. The Morgan fingerprint density at radius 1 is 1.10 bits per heavy atom. The van der Waals surface area contributed by atoms with E-state index in [0.29, 0.717) is 23.5 Å². The highest BCUT2D eigenvalue weighted by atomic mass is 35.5. The molecule has 20 heavy (non-hydrogen) atoms. The van der Waals surface area contributed by atoms with Gasteiger partial charge in [-0.15, -0.1) is 0 Å². The van der Waals surface area contributed by atoms with E-state index in [1.807, 2.05) is 25.1 Å². The third-order valence-corrected chi connectivity index (χ3v) is 2.88. The van der Waals surface area contributed by atoms with E-state index in [4.69, 9.17) is 21.1 Å². The van der Waals surface area contributed by atoms with Crippen LogP contribution in [0.2, 0.25) is 5.15 Å². The second-order valence-corrected chi connectivity index (χ2v) is 4.56. The molecule has 0 atom stereocenters. The van der Waals surface area contributed by atoms with Crippen LogP contribution in [0.1, 0.15) is 25.2 Å². The highest BCUT2D eigenvalue weighted by Gasteiger charge is 2.05. The molecule has 0 N–H and O–H groups in total. The van der Waals surface area contributed by atoms with Gasteiger partial charge in [-0.1, -0.05) is 30.7 Å². The predicted octanol–water partition coefficient (Wildman–Crippen LogP) is 3.67. The fourth-order valence-corrected chi connectivity index (χ4v) is 1.92. The summed E-state index contributed by atoms with van der Waals surface area (Å²) in [5.41, 5.74) is 1.23. The van der Waals surface area contributed by atoms with Crippen molar-refractivity contribution in [3.05, 3.63) is 46.9 Å². The molecule has 0 amide bonds. The normalized spacial score (nSPS) is 10.3. The SMILES string of the molecule is CCOc1cc(Cl)nc(COc2cccc(CC)c2)n1. The molecule has 0 spiro atoms. The first-order chi connectivity index (χ1) is 9.71. The van der Waals surface area contributed by atoms with Gasteiger partial charge in [-0.25, -0.2) is 4.98 Å². The van der Waals surface area contributed by atoms with Gasteiger partial charge in [0.2, 0.25) is 5.88 Å². The molecule has 1 aromatic heterocycles. The molecule has 1 heterocycles. The standard InChI is InChI=1S/C15H17ClN2O2/c1-3-11-6-5-7-12(8-11)20-10-14-17-13(16)9-15(18-14)19-4-2/h5-9H,3-4,10H2,1-2H3. The average Bonchev–Trinajstić information content (AvgIpc) is 2.45. The van der Waals surface area contributed by atoms with Crippen molar-refractivity contribution in [1.82, 2.24) is 9.97 Å². The molecule has 2 aromatic rings. The van der Waals surface area contributed by atoms with Crippen LogP contribution < -0.4 is 9.47 Å². The van der Waals surface area contributed by atoms with Gasteiger partial charge in [-0.05, 0) is 31.0 Å². The van der Waals surface area contributed by atoms with Crippen LogP contribution in [-0.4, -0.2) is 16.6 Å².